The van der Waals surface area contributed by atoms with Crippen LogP contribution in [-0.4, -0.2) is 60.4 Å². The van der Waals surface area contributed by atoms with Crippen molar-refractivity contribution in [2.45, 2.75) is 25.4 Å². The molecule has 2 aromatic heterocycles. The molecule has 0 spiro atoms. The molecule has 0 radical (unpaired) electrons. The molecular formula is C34H31N3O6. The lowest BCUT2D eigenvalue weighted by Gasteiger charge is -2.23. The summed E-state index contributed by atoms with van der Waals surface area (Å²) in [6.45, 7) is 2.55. The molecule has 1 amide bonds. The number of hydrogen-bond acceptors (Lipinski definition) is 8. The summed E-state index contributed by atoms with van der Waals surface area (Å²) in [6, 6.07) is 16.9. The molecule has 1 aliphatic carbocycles. The van der Waals surface area contributed by atoms with Crippen LogP contribution in [0, 0.1) is 23.2 Å². The Balaban J connectivity index is 1.17. The number of nitriles is 1. The van der Waals surface area contributed by atoms with Crippen molar-refractivity contribution in [3.05, 3.63) is 77.7 Å². The minimum absolute atomic E-state index is 0.0327. The lowest BCUT2D eigenvalue weighted by atomic mass is 10.0. The number of hydrogen-bond donors (Lipinski definition) is 1. The third-order valence-electron chi connectivity index (χ3n) is 8.66. The minimum atomic E-state index is -0.0572. The Labute approximate surface area is 248 Å². The van der Waals surface area contributed by atoms with Gasteiger partial charge in [-0.2, -0.15) is 5.26 Å². The highest BCUT2D eigenvalue weighted by atomic mass is 16.5. The number of pyridine rings is 1. The molecule has 4 aromatic rings. The number of amides is 1. The van der Waals surface area contributed by atoms with Crippen molar-refractivity contribution in [1.82, 2.24) is 9.88 Å². The molecule has 2 aromatic carbocycles. The molecule has 3 aliphatic rings. The highest BCUT2D eigenvalue weighted by Crippen LogP contribution is 2.40. The number of carbonyl (C=O) groups excluding carboxylic acids is 1. The van der Waals surface area contributed by atoms with Gasteiger partial charge in [-0.3, -0.25) is 9.78 Å². The Morgan fingerprint density at radius 2 is 1.93 bits per heavy atom. The summed E-state index contributed by atoms with van der Waals surface area (Å²) in [4.78, 5) is 19.7. The van der Waals surface area contributed by atoms with Gasteiger partial charge in [0.25, 0.3) is 5.91 Å². The van der Waals surface area contributed by atoms with E-state index in [0.29, 0.717) is 83.5 Å². The molecule has 0 saturated carbocycles. The van der Waals surface area contributed by atoms with Gasteiger partial charge in [0, 0.05) is 61.7 Å². The zero-order valence-electron chi connectivity index (χ0n) is 23.8. The molecule has 2 aliphatic heterocycles. The molecular weight excluding hydrogens is 546 g/mol. The van der Waals surface area contributed by atoms with Gasteiger partial charge in [-0.05, 0) is 54.0 Å². The van der Waals surface area contributed by atoms with Crippen LogP contribution in [-0.2, 0) is 4.74 Å². The van der Waals surface area contributed by atoms with Crippen LogP contribution in [0.15, 0.2) is 71.0 Å². The third-order valence-corrected chi connectivity index (χ3v) is 8.66. The molecule has 0 unspecified atom stereocenters. The number of aliphatic hydroxyl groups excluding tert-OH is 1. The first-order chi connectivity index (χ1) is 21.0. The highest BCUT2D eigenvalue weighted by molar-refractivity contribution is 5.97. The van der Waals surface area contributed by atoms with Crippen LogP contribution in [0.5, 0.6) is 11.5 Å². The maximum absolute atomic E-state index is 13.3. The van der Waals surface area contributed by atoms with Crippen molar-refractivity contribution >= 4 is 17.0 Å². The molecule has 7 rings (SSSR count). The zero-order chi connectivity index (χ0) is 29.5. The standard InChI is InChI=1S/C34H31N3O6/c1-40-31-15-21(34(39)37-18-23-13-25(38)14-24(23)19-37)2-4-28(31)32-16-29-33(43-32)27(6-9-36-29)20-3-5-30(22(12-20)17-35)42-26-7-10-41-11-8-26/h2-6,9,12-13,15-16,23-24,26,38H,7-8,10-11,14,18-19H2,1H3/t23-,24-/m0/s1. The zero-order valence-corrected chi connectivity index (χ0v) is 23.8. The highest BCUT2D eigenvalue weighted by Gasteiger charge is 2.38. The van der Waals surface area contributed by atoms with Crippen LogP contribution in [0.25, 0.3) is 33.6 Å². The third kappa shape index (κ3) is 5.08. The number of furan rings is 1. The van der Waals surface area contributed by atoms with E-state index in [1.165, 1.54) is 0 Å². The van der Waals surface area contributed by atoms with Crippen molar-refractivity contribution in [2.75, 3.05) is 33.4 Å². The Morgan fingerprint density at radius 3 is 2.72 bits per heavy atom. The summed E-state index contributed by atoms with van der Waals surface area (Å²) in [6.07, 6.45) is 5.85. The number of aromatic nitrogens is 1. The van der Waals surface area contributed by atoms with Crippen LogP contribution in [0.4, 0.5) is 0 Å². The second kappa shape index (κ2) is 11.1. The second-order valence-corrected chi connectivity index (χ2v) is 11.3. The van der Waals surface area contributed by atoms with Gasteiger partial charge < -0.3 is 28.6 Å². The first kappa shape index (κ1) is 27.0. The van der Waals surface area contributed by atoms with E-state index in [1.54, 1.807) is 25.4 Å². The smallest absolute Gasteiger partial charge is 0.254 e. The average molecular weight is 578 g/mol. The number of methoxy groups -OCH3 is 1. The van der Waals surface area contributed by atoms with E-state index in [-0.39, 0.29) is 23.8 Å². The van der Waals surface area contributed by atoms with Crippen molar-refractivity contribution in [3.8, 4) is 40.0 Å². The summed E-state index contributed by atoms with van der Waals surface area (Å²) >= 11 is 0. The maximum Gasteiger partial charge on any atom is 0.254 e. The van der Waals surface area contributed by atoms with Crippen LogP contribution in [0.1, 0.15) is 35.2 Å². The molecule has 4 heterocycles. The van der Waals surface area contributed by atoms with E-state index in [1.807, 2.05) is 47.4 Å². The molecule has 218 valence electrons. The normalized spacial score (nSPS) is 20.1. The number of fused-ring (bicyclic) bond motifs is 2. The SMILES string of the molecule is COc1cc(C(=O)N2C[C@@H]3CC(O)=C[C@H]3C2)ccc1-c1cc2nccc(-c3ccc(OC4CCOCC4)c(C#N)c3)c2o1. The van der Waals surface area contributed by atoms with E-state index in [9.17, 15) is 15.2 Å². The summed E-state index contributed by atoms with van der Waals surface area (Å²) < 4.78 is 23.6. The first-order valence-electron chi connectivity index (χ1n) is 14.6. The van der Waals surface area contributed by atoms with Gasteiger partial charge in [0.1, 0.15) is 34.9 Å². The van der Waals surface area contributed by atoms with Crippen LogP contribution >= 0.6 is 0 Å². The van der Waals surface area contributed by atoms with Crippen molar-refractivity contribution in [3.63, 3.8) is 0 Å². The molecule has 1 N–H and O–H groups in total. The molecule has 2 fully saturated rings. The Morgan fingerprint density at radius 1 is 1.07 bits per heavy atom. The number of benzene rings is 2. The topological polar surface area (TPSA) is 118 Å². The van der Waals surface area contributed by atoms with Gasteiger partial charge in [-0.25, -0.2) is 0 Å². The fourth-order valence-corrected chi connectivity index (χ4v) is 6.42. The van der Waals surface area contributed by atoms with E-state index >= 15 is 0 Å². The molecule has 0 bridgehead atoms. The van der Waals surface area contributed by atoms with E-state index in [0.717, 1.165) is 24.0 Å². The molecule has 9 nitrogen and oxygen atoms in total. The second-order valence-electron chi connectivity index (χ2n) is 11.3. The van der Waals surface area contributed by atoms with Gasteiger partial charge in [0.15, 0.2) is 5.58 Å². The van der Waals surface area contributed by atoms with Crippen LogP contribution in [0.2, 0.25) is 0 Å². The predicted octanol–water partition coefficient (Wildman–Crippen LogP) is 6.13. The quantitative estimate of drug-likeness (QED) is 0.291. The fraction of sp³-hybridized carbons (Fsp3) is 0.324. The number of ether oxygens (including phenoxy) is 3. The van der Waals surface area contributed by atoms with Gasteiger partial charge in [0.05, 0.1) is 37.2 Å². The lowest BCUT2D eigenvalue weighted by Crippen LogP contribution is -2.29. The molecule has 2 atom stereocenters. The van der Waals surface area contributed by atoms with Crippen molar-refractivity contribution < 1.29 is 28.5 Å². The van der Waals surface area contributed by atoms with E-state index in [2.05, 4.69) is 11.1 Å². The van der Waals surface area contributed by atoms with E-state index < -0.39 is 0 Å². The van der Waals surface area contributed by atoms with Crippen molar-refractivity contribution in [2.24, 2.45) is 11.8 Å². The van der Waals surface area contributed by atoms with Gasteiger partial charge in [-0.1, -0.05) is 6.07 Å². The summed E-state index contributed by atoms with van der Waals surface area (Å²) in [5, 5.41) is 19.7. The van der Waals surface area contributed by atoms with Crippen LogP contribution < -0.4 is 9.47 Å². The van der Waals surface area contributed by atoms with Gasteiger partial charge >= 0.3 is 0 Å². The minimum Gasteiger partial charge on any atom is -0.513 e. The number of aliphatic hydroxyl groups is 1. The van der Waals surface area contributed by atoms with Gasteiger partial charge in [0.2, 0.25) is 0 Å². The first-order valence-corrected chi connectivity index (χ1v) is 14.6. The molecule has 9 heteroatoms. The monoisotopic (exact) mass is 577 g/mol. The number of carbonyl (C=O) groups is 1. The van der Waals surface area contributed by atoms with Crippen molar-refractivity contribution in [1.29, 1.82) is 5.26 Å². The predicted molar refractivity (Wildman–Crippen MR) is 159 cm³/mol. The Hall–Kier alpha value is -4.81. The molecule has 2 saturated heterocycles. The Bertz CT molecular complexity index is 1780. The lowest BCUT2D eigenvalue weighted by molar-refractivity contribution is 0.0254. The maximum atomic E-state index is 13.3. The molecule has 43 heavy (non-hydrogen) atoms. The number of rotatable bonds is 6. The number of allylic oxidation sites excluding steroid dienone is 1. The number of nitrogens with zero attached hydrogens (tertiary/aromatic N) is 3. The summed E-state index contributed by atoms with van der Waals surface area (Å²) in [5.41, 5.74) is 4.56. The summed E-state index contributed by atoms with van der Waals surface area (Å²) in [5.74, 6) is 2.50. The van der Waals surface area contributed by atoms with Gasteiger partial charge in [-0.15, -0.1) is 0 Å². The average Bonchev–Trinajstić information content (AvgIpc) is 3.74. The van der Waals surface area contributed by atoms with Crippen LogP contribution in [0.3, 0.4) is 0 Å². The largest absolute Gasteiger partial charge is 0.513 e. The number of likely N-dealkylation sites (tertiary alicyclic amines) is 1. The summed E-state index contributed by atoms with van der Waals surface area (Å²) in [7, 11) is 1.57. The fourth-order valence-electron chi connectivity index (χ4n) is 6.42. The van der Waals surface area contributed by atoms with E-state index in [4.69, 9.17) is 18.6 Å². The Kier molecular flexibility index (Phi) is 6.99.